The summed E-state index contributed by atoms with van der Waals surface area (Å²) in [7, 11) is 1.31. The van der Waals surface area contributed by atoms with Crippen LogP contribution in [0.1, 0.15) is 15.9 Å². The van der Waals surface area contributed by atoms with Crippen LogP contribution >= 0.6 is 23.4 Å². The van der Waals surface area contributed by atoms with Gasteiger partial charge < -0.3 is 14.5 Å². The number of nitrogens with zero attached hydrogens (tertiary/aromatic N) is 1. The molecule has 3 rings (SSSR count). The number of halogens is 1. The third-order valence-electron chi connectivity index (χ3n) is 3.59. The normalized spacial score (nSPS) is 10.7. The third kappa shape index (κ3) is 4.17. The zero-order chi connectivity index (χ0) is 18.7. The Balaban J connectivity index is 1.66. The number of oxazole rings is 1. The van der Waals surface area contributed by atoms with Crippen LogP contribution in [-0.4, -0.2) is 29.7 Å². The number of anilines is 1. The minimum absolute atomic E-state index is 0.114. The first-order chi connectivity index (χ1) is 12.5. The van der Waals surface area contributed by atoms with Gasteiger partial charge in [-0.3, -0.25) is 4.79 Å². The van der Waals surface area contributed by atoms with Crippen LogP contribution in [0.5, 0.6) is 0 Å². The lowest BCUT2D eigenvalue weighted by Crippen LogP contribution is -2.15. The highest BCUT2D eigenvalue weighted by Gasteiger charge is 2.13. The predicted octanol–water partition coefficient (Wildman–Crippen LogP) is 4.31. The molecule has 0 aliphatic carbocycles. The number of aromatic nitrogens is 1. The van der Waals surface area contributed by atoms with Crippen molar-refractivity contribution in [2.75, 3.05) is 18.2 Å². The fourth-order valence-corrected chi connectivity index (χ4v) is 3.05. The molecule has 0 aliphatic rings. The average molecular weight is 391 g/mol. The highest BCUT2D eigenvalue weighted by Crippen LogP contribution is 2.26. The van der Waals surface area contributed by atoms with Crippen molar-refractivity contribution in [1.29, 1.82) is 0 Å². The van der Waals surface area contributed by atoms with Gasteiger partial charge in [-0.15, -0.1) is 0 Å². The predicted molar refractivity (Wildman–Crippen MR) is 101 cm³/mol. The number of methoxy groups -OCH3 is 1. The molecule has 1 heterocycles. The maximum absolute atomic E-state index is 12.2. The molecule has 0 spiro atoms. The van der Waals surface area contributed by atoms with Crippen LogP contribution in [0, 0.1) is 6.92 Å². The molecule has 0 radical (unpaired) electrons. The second kappa shape index (κ2) is 7.80. The lowest BCUT2D eigenvalue weighted by molar-refractivity contribution is -0.113. The van der Waals surface area contributed by atoms with Gasteiger partial charge in [-0.2, -0.15) is 0 Å². The Morgan fingerprint density at radius 2 is 2.08 bits per heavy atom. The van der Waals surface area contributed by atoms with E-state index >= 15 is 0 Å². The summed E-state index contributed by atoms with van der Waals surface area (Å²) in [5, 5.41) is 3.73. The van der Waals surface area contributed by atoms with Gasteiger partial charge >= 0.3 is 5.97 Å². The van der Waals surface area contributed by atoms with E-state index in [1.807, 2.05) is 6.92 Å². The lowest BCUT2D eigenvalue weighted by atomic mass is 10.1. The molecule has 134 valence electrons. The van der Waals surface area contributed by atoms with Crippen LogP contribution in [0.2, 0.25) is 5.02 Å². The van der Waals surface area contributed by atoms with Gasteiger partial charge in [-0.05, 0) is 36.8 Å². The maximum atomic E-state index is 12.2. The largest absolute Gasteiger partial charge is 0.465 e. The number of hydrogen-bond donors (Lipinski definition) is 1. The van der Waals surface area contributed by atoms with E-state index in [0.717, 1.165) is 5.56 Å². The highest BCUT2D eigenvalue weighted by molar-refractivity contribution is 7.99. The van der Waals surface area contributed by atoms with E-state index in [1.165, 1.54) is 18.9 Å². The first-order valence-corrected chi connectivity index (χ1v) is 9.00. The monoisotopic (exact) mass is 390 g/mol. The summed E-state index contributed by atoms with van der Waals surface area (Å²) in [5.74, 6) is -0.581. The van der Waals surface area contributed by atoms with E-state index in [0.29, 0.717) is 32.6 Å². The molecule has 2 aromatic carbocycles. The number of esters is 1. The minimum Gasteiger partial charge on any atom is -0.465 e. The fraction of sp³-hybridized carbons (Fsp3) is 0.167. The van der Waals surface area contributed by atoms with Gasteiger partial charge in [0, 0.05) is 16.8 Å². The van der Waals surface area contributed by atoms with Crippen molar-refractivity contribution in [3.05, 3.63) is 52.5 Å². The van der Waals surface area contributed by atoms with Crippen molar-refractivity contribution in [3.63, 3.8) is 0 Å². The number of benzene rings is 2. The SMILES string of the molecule is COC(=O)c1ccc(C)c(NC(=O)CSc2nc3ccc(Cl)cc3o2)c1. The molecule has 6 nitrogen and oxygen atoms in total. The van der Waals surface area contributed by atoms with Crippen molar-refractivity contribution >= 4 is 52.0 Å². The lowest BCUT2D eigenvalue weighted by Gasteiger charge is -2.09. The zero-order valence-electron chi connectivity index (χ0n) is 14.0. The van der Waals surface area contributed by atoms with Gasteiger partial charge in [0.05, 0.1) is 18.4 Å². The number of carbonyl (C=O) groups is 2. The number of rotatable bonds is 5. The smallest absolute Gasteiger partial charge is 0.337 e. The topological polar surface area (TPSA) is 81.4 Å². The fourth-order valence-electron chi connectivity index (χ4n) is 2.25. The van der Waals surface area contributed by atoms with Crippen LogP contribution in [0.25, 0.3) is 11.1 Å². The molecule has 0 unspecified atom stereocenters. The second-order valence-electron chi connectivity index (χ2n) is 5.45. The molecular weight excluding hydrogens is 376 g/mol. The highest BCUT2D eigenvalue weighted by atomic mass is 35.5. The number of nitrogens with one attached hydrogen (secondary N) is 1. The number of thioether (sulfide) groups is 1. The van der Waals surface area contributed by atoms with Gasteiger partial charge in [-0.25, -0.2) is 9.78 Å². The molecule has 0 atom stereocenters. The molecule has 1 amide bonds. The molecule has 0 fully saturated rings. The molecule has 0 saturated heterocycles. The van der Waals surface area contributed by atoms with E-state index in [2.05, 4.69) is 10.3 Å². The number of amides is 1. The van der Waals surface area contributed by atoms with Crippen LogP contribution in [-0.2, 0) is 9.53 Å². The molecule has 1 aromatic heterocycles. The van der Waals surface area contributed by atoms with Crippen LogP contribution in [0.4, 0.5) is 5.69 Å². The zero-order valence-corrected chi connectivity index (χ0v) is 15.6. The summed E-state index contributed by atoms with van der Waals surface area (Å²) in [6.07, 6.45) is 0. The number of hydrogen-bond acceptors (Lipinski definition) is 6. The van der Waals surface area contributed by atoms with Gasteiger partial charge in [0.1, 0.15) is 5.52 Å². The molecule has 0 saturated carbocycles. The molecular formula is C18H15ClN2O4S. The van der Waals surface area contributed by atoms with Crippen LogP contribution in [0.3, 0.4) is 0 Å². The van der Waals surface area contributed by atoms with Gasteiger partial charge in [0.2, 0.25) is 5.91 Å². The van der Waals surface area contributed by atoms with Crippen LogP contribution in [0.15, 0.2) is 46.0 Å². The number of aryl methyl sites for hydroxylation is 1. The van der Waals surface area contributed by atoms with E-state index in [9.17, 15) is 9.59 Å². The van der Waals surface area contributed by atoms with Crippen molar-refractivity contribution < 1.29 is 18.7 Å². The average Bonchev–Trinajstić information content (AvgIpc) is 3.03. The van der Waals surface area contributed by atoms with E-state index in [1.54, 1.807) is 36.4 Å². The molecule has 0 bridgehead atoms. The summed E-state index contributed by atoms with van der Waals surface area (Å²) in [6.45, 7) is 1.84. The summed E-state index contributed by atoms with van der Waals surface area (Å²) >= 11 is 7.09. The summed E-state index contributed by atoms with van der Waals surface area (Å²) < 4.78 is 10.3. The summed E-state index contributed by atoms with van der Waals surface area (Å²) in [5.41, 5.74) is 3.02. The number of carbonyl (C=O) groups excluding carboxylic acids is 2. The summed E-state index contributed by atoms with van der Waals surface area (Å²) in [4.78, 5) is 28.1. The van der Waals surface area contributed by atoms with Crippen LogP contribution < -0.4 is 5.32 Å². The molecule has 1 N–H and O–H groups in total. The Kier molecular flexibility index (Phi) is 5.49. The van der Waals surface area contributed by atoms with Crippen molar-refractivity contribution in [3.8, 4) is 0 Å². The van der Waals surface area contributed by atoms with E-state index in [4.69, 9.17) is 20.8 Å². The maximum Gasteiger partial charge on any atom is 0.337 e. The quantitative estimate of drug-likeness (QED) is 0.516. The molecule has 8 heteroatoms. The Morgan fingerprint density at radius 1 is 1.27 bits per heavy atom. The van der Waals surface area contributed by atoms with Gasteiger partial charge in [0.15, 0.2) is 5.58 Å². The number of fused-ring (bicyclic) bond motifs is 1. The van der Waals surface area contributed by atoms with Crippen molar-refractivity contribution in [1.82, 2.24) is 4.98 Å². The van der Waals surface area contributed by atoms with E-state index < -0.39 is 5.97 Å². The molecule has 3 aromatic rings. The summed E-state index contributed by atoms with van der Waals surface area (Å²) in [6, 6.07) is 10.1. The first-order valence-electron chi connectivity index (χ1n) is 7.64. The standard InChI is InChI=1S/C18H15ClN2O4S/c1-10-3-4-11(17(23)24-2)7-14(10)20-16(22)9-26-18-21-13-6-5-12(19)8-15(13)25-18/h3-8H,9H2,1-2H3,(H,20,22). The molecule has 0 aliphatic heterocycles. The van der Waals surface area contributed by atoms with E-state index in [-0.39, 0.29) is 11.7 Å². The Morgan fingerprint density at radius 3 is 2.85 bits per heavy atom. The Labute approximate surface area is 158 Å². The molecule has 26 heavy (non-hydrogen) atoms. The Bertz CT molecular complexity index is 986. The van der Waals surface area contributed by atoms with Gasteiger partial charge in [0.25, 0.3) is 5.22 Å². The van der Waals surface area contributed by atoms with Gasteiger partial charge in [-0.1, -0.05) is 29.4 Å². The first kappa shape index (κ1) is 18.3. The van der Waals surface area contributed by atoms with Crippen molar-refractivity contribution in [2.45, 2.75) is 12.1 Å². The second-order valence-corrected chi connectivity index (χ2v) is 6.81. The third-order valence-corrected chi connectivity index (χ3v) is 4.65. The minimum atomic E-state index is -0.458. The van der Waals surface area contributed by atoms with Crippen molar-refractivity contribution in [2.24, 2.45) is 0 Å². The Hall–Kier alpha value is -2.51. The number of ether oxygens (including phenoxy) is 1.